The number of hydrogen-bond donors (Lipinski definition) is 1. The fourth-order valence-corrected chi connectivity index (χ4v) is 3.10. The largest absolute Gasteiger partial charge is 0.351 e. The molecule has 0 saturated carbocycles. The molecule has 0 bridgehead atoms. The molecule has 24 heavy (non-hydrogen) atoms. The van der Waals surface area contributed by atoms with Crippen molar-refractivity contribution in [1.82, 2.24) is 35.1 Å². The highest BCUT2D eigenvalue weighted by Crippen LogP contribution is 2.24. The highest BCUT2D eigenvalue weighted by Gasteiger charge is 2.36. The van der Waals surface area contributed by atoms with Gasteiger partial charge in [0.1, 0.15) is 0 Å². The molecule has 1 saturated heterocycles. The van der Waals surface area contributed by atoms with Gasteiger partial charge in [0.15, 0.2) is 0 Å². The molecule has 128 valence electrons. The van der Waals surface area contributed by atoms with Gasteiger partial charge >= 0.3 is 0 Å². The Morgan fingerprint density at radius 2 is 2.25 bits per heavy atom. The average Bonchev–Trinajstić information content (AvgIpc) is 3.23. The van der Waals surface area contributed by atoms with E-state index in [0.717, 1.165) is 18.7 Å². The smallest absolute Gasteiger partial charge is 0.234 e. The van der Waals surface area contributed by atoms with E-state index in [1.165, 1.54) is 0 Å². The van der Waals surface area contributed by atoms with E-state index >= 15 is 0 Å². The molecule has 0 unspecified atom stereocenters. The summed E-state index contributed by atoms with van der Waals surface area (Å²) in [6.07, 6.45) is 7.06. The van der Waals surface area contributed by atoms with Crippen molar-refractivity contribution in [2.45, 2.75) is 18.6 Å². The summed E-state index contributed by atoms with van der Waals surface area (Å²) in [7, 11) is 4.11. The molecule has 0 radical (unpaired) electrons. The number of pyridine rings is 1. The molecule has 0 aliphatic carbocycles. The monoisotopic (exact) mass is 329 g/mol. The third kappa shape index (κ3) is 3.95. The Hall–Kier alpha value is -2.32. The van der Waals surface area contributed by atoms with E-state index in [-0.39, 0.29) is 11.9 Å². The molecular formula is C16H23N7O. The number of amides is 1. The van der Waals surface area contributed by atoms with Gasteiger partial charge in [-0.1, -0.05) is 11.3 Å². The Labute approximate surface area is 141 Å². The number of likely N-dealkylation sites (tertiary alicyclic amines) is 1. The summed E-state index contributed by atoms with van der Waals surface area (Å²) in [5, 5.41) is 11.0. The highest BCUT2D eigenvalue weighted by molar-refractivity contribution is 5.78. The minimum Gasteiger partial charge on any atom is -0.351 e. The van der Waals surface area contributed by atoms with E-state index in [0.29, 0.717) is 19.1 Å². The van der Waals surface area contributed by atoms with Crippen LogP contribution in [-0.2, 0) is 11.3 Å². The zero-order chi connectivity index (χ0) is 16.9. The number of nitrogens with zero attached hydrogens (tertiary/aromatic N) is 6. The van der Waals surface area contributed by atoms with Crippen LogP contribution in [0.1, 0.15) is 11.6 Å². The molecule has 1 aliphatic heterocycles. The van der Waals surface area contributed by atoms with Crippen molar-refractivity contribution >= 4 is 5.91 Å². The van der Waals surface area contributed by atoms with Gasteiger partial charge in [-0.3, -0.25) is 14.7 Å². The van der Waals surface area contributed by atoms with Crippen molar-refractivity contribution in [3.63, 3.8) is 0 Å². The summed E-state index contributed by atoms with van der Waals surface area (Å²) in [6, 6.07) is 4.32. The molecule has 2 aromatic rings. The first-order valence-corrected chi connectivity index (χ1v) is 8.03. The van der Waals surface area contributed by atoms with E-state index in [2.05, 4.69) is 44.5 Å². The van der Waals surface area contributed by atoms with Crippen molar-refractivity contribution in [3.8, 4) is 0 Å². The van der Waals surface area contributed by atoms with Crippen LogP contribution in [0, 0.1) is 0 Å². The molecule has 3 rings (SSSR count). The van der Waals surface area contributed by atoms with Gasteiger partial charge in [0, 0.05) is 44.3 Å². The second-order valence-corrected chi connectivity index (χ2v) is 6.31. The van der Waals surface area contributed by atoms with Crippen molar-refractivity contribution in [2.24, 2.45) is 0 Å². The van der Waals surface area contributed by atoms with Crippen LogP contribution in [0.4, 0.5) is 0 Å². The van der Waals surface area contributed by atoms with E-state index < -0.39 is 0 Å². The second-order valence-electron chi connectivity index (χ2n) is 6.31. The predicted octanol–water partition coefficient (Wildman–Crippen LogP) is -0.224. The second kappa shape index (κ2) is 7.50. The maximum atomic E-state index is 12.2. The molecule has 1 N–H and O–H groups in total. The lowest BCUT2D eigenvalue weighted by Gasteiger charge is -2.24. The summed E-state index contributed by atoms with van der Waals surface area (Å²) in [5.41, 5.74) is 0.999. The molecule has 8 nitrogen and oxygen atoms in total. The zero-order valence-electron chi connectivity index (χ0n) is 14.0. The minimum atomic E-state index is 0.0237. The molecule has 1 fully saturated rings. The summed E-state index contributed by atoms with van der Waals surface area (Å²) >= 11 is 0. The first-order valence-electron chi connectivity index (χ1n) is 8.03. The molecule has 2 aromatic heterocycles. The number of carbonyl (C=O) groups is 1. The Kier molecular flexibility index (Phi) is 5.17. The van der Waals surface area contributed by atoms with Crippen molar-refractivity contribution < 1.29 is 4.79 Å². The first kappa shape index (κ1) is 16.5. The minimum absolute atomic E-state index is 0.0237. The normalized spacial score (nSPS) is 21.3. The summed E-state index contributed by atoms with van der Waals surface area (Å²) in [4.78, 5) is 20.6. The van der Waals surface area contributed by atoms with E-state index in [1.54, 1.807) is 18.6 Å². The number of likely N-dealkylation sites (N-methyl/N-ethyl adjacent to an activating group) is 1. The number of rotatable bonds is 6. The van der Waals surface area contributed by atoms with E-state index in [4.69, 9.17) is 0 Å². The lowest BCUT2D eigenvalue weighted by atomic mass is 10.1. The third-order valence-electron chi connectivity index (χ3n) is 4.36. The number of carbonyl (C=O) groups excluding carboxylic acids is 1. The van der Waals surface area contributed by atoms with Crippen LogP contribution >= 0.6 is 0 Å². The molecule has 1 aliphatic rings. The van der Waals surface area contributed by atoms with E-state index in [9.17, 15) is 4.79 Å². The summed E-state index contributed by atoms with van der Waals surface area (Å²) < 4.78 is 1.89. The van der Waals surface area contributed by atoms with Gasteiger partial charge < -0.3 is 10.2 Å². The fraction of sp³-hybridized carbons (Fsp3) is 0.500. The summed E-state index contributed by atoms with van der Waals surface area (Å²) in [5.74, 6) is 0.0237. The van der Waals surface area contributed by atoms with Crippen molar-refractivity contribution in [1.29, 1.82) is 0 Å². The van der Waals surface area contributed by atoms with Crippen LogP contribution in [0.15, 0.2) is 36.9 Å². The van der Waals surface area contributed by atoms with Gasteiger partial charge in [0.25, 0.3) is 0 Å². The van der Waals surface area contributed by atoms with Crippen LogP contribution in [0.25, 0.3) is 0 Å². The quantitative estimate of drug-likeness (QED) is 0.789. The molecule has 3 heterocycles. The zero-order valence-corrected chi connectivity index (χ0v) is 14.0. The maximum absolute atomic E-state index is 12.2. The van der Waals surface area contributed by atoms with Crippen LogP contribution in [0.3, 0.4) is 0 Å². The van der Waals surface area contributed by atoms with Gasteiger partial charge in [0.05, 0.1) is 18.8 Å². The number of aromatic nitrogens is 4. The van der Waals surface area contributed by atoms with E-state index in [1.807, 2.05) is 23.0 Å². The Bertz CT molecular complexity index is 644. The Morgan fingerprint density at radius 3 is 2.92 bits per heavy atom. The van der Waals surface area contributed by atoms with Gasteiger partial charge in [-0.25, -0.2) is 4.68 Å². The van der Waals surface area contributed by atoms with Crippen LogP contribution in [0.5, 0.6) is 0 Å². The molecule has 0 aromatic carbocycles. The number of nitrogens with one attached hydrogen (secondary N) is 1. The molecule has 0 spiro atoms. The van der Waals surface area contributed by atoms with Gasteiger partial charge in [-0.15, -0.1) is 5.10 Å². The third-order valence-corrected chi connectivity index (χ3v) is 4.36. The lowest BCUT2D eigenvalue weighted by Crippen LogP contribution is -2.38. The van der Waals surface area contributed by atoms with Gasteiger partial charge in [0.2, 0.25) is 5.91 Å². The van der Waals surface area contributed by atoms with Crippen LogP contribution in [-0.4, -0.2) is 75.5 Å². The number of hydrogen-bond acceptors (Lipinski definition) is 6. The molecule has 1 amide bonds. The first-order chi connectivity index (χ1) is 11.6. The van der Waals surface area contributed by atoms with Gasteiger partial charge in [-0.05, 0) is 25.7 Å². The SMILES string of the molecule is CN(C)[C@@H]1CN(CC(=O)NCc2cccnc2)C[C@@H]1n1ccnn1. The molecular weight excluding hydrogens is 306 g/mol. The van der Waals surface area contributed by atoms with Crippen LogP contribution < -0.4 is 5.32 Å². The standard InChI is InChI=1S/C16H23N7O/c1-21(2)14-10-22(11-15(14)23-7-6-19-20-23)12-16(24)18-9-13-4-3-5-17-8-13/h3-8,14-15H,9-12H2,1-2H3,(H,18,24)/t14-,15+/m1/s1. The van der Waals surface area contributed by atoms with Crippen LogP contribution in [0.2, 0.25) is 0 Å². The molecule has 2 atom stereocenters. The summed E-state index contributed by atoms with van der Waals surface area (Å²) in [6.45, 7) is 2.50. The molecule has 8 heteroatoms. The van der Waals surface area contributed by atoms with Gasteiger partial charge in [-0.2, -0.15) is 0 Å². The van der Waals surface area contributed by atoms with Crippen molar-refractivity contribution in [2.75, 3.05) is 33.7 Å². The average molecular weight is 329 g/mol. The highest BCUT2D eigenvalue weighted by atomic mass is 16.2. The topological polar surface area (TPSA) is 79.2 Å². The Balaban J connectivity index is 1.54. The maximum Gasteiger partial charge on any atom is 0.234 e. The lowest BCUT2D eigenvalue weighted by molar-refractivity contribution is -0.122. The predicted molar refractivity (Wildman–Crippen MR) is 89.1 cm³/mol. The Morgan fingerprint density at radius 1 is 1.38 bits per heavy atom. The van der Waals surface area contributed by atoms with Crippen molar-refractivity contribution in [3.05, 3.63) is 42.5 Å². The fourth-order valence-electron chi connectivity index (χ4n) is 3.10.